The number of amides is 2. The number of rotatable bonds is 4. The molecule has 0 aliphatic carbocycles. The number of carbonyl (C=O) groups is 2. The van der Waals surface area contributed by atoms with E-state index in [2.05, 4.69) is 11.1 Å². The van der Waals surface area contributed by atoms with Crippen molar-refractivity contribution in [3.05, 3.63) is 52.7 Å². The molecular formula is C26H25ClN6O3S. The molecule has 2 aliphatic rings. The van der Waals surface area contributed by atoms with E-state index in [1.807, 2.05) is 47.6 Å². The maximum Gasteiger partial charge on any atom is 0.407 e. The average Bonchev–Trinajstić information content (AvgIpc) is 3.06. The first-order valence-corrected chi connectivity index (χ1v) is 13.6. The zero-order valence-corrected chi connectivity index (χ0v) is 21.8. The minimum atomic E-state index is -1.04. The molecule has 2 aliphatic heterocycles. The molecule has 1 unspecified atom stereocenters. The van der Waals surface area contributed by atoms with E-state index in [1.54, 1.807) is 4.90 Å². The second-order valence-corrected chi connectivity index (χ2v) is 10.2. The van der Waals surface area contributed by atoms with Crippen molar-refractivity contribution in [1.82, 2.24) is 14.9 Å². The predicted octanol–water partition coefficient (Wildman–Crippen LogP) is 4.68. The summed E-state index contributed by atoms with van der Waals surface area (Å²) in [4.78, 5) is 40.2. The molecule has 0 spiro atoms. The lowest BCUT2D eigenvalue weighted by molar-refractivity contribution is 0.0983. The molecule has 1 aromatic heterocycles. The van der Waals surface area contributed by atoms with Crippen LogP contribution in [0.3, 0.4) is 0 Å². The summed E-state index contributed by atoms with van der Waals surface area (Å²) in [5.41, 5.74) is 1.86. The van der Waals surface area contributed by atoms with Gasteiger partial charge in [-0.05, 0) is 36.6 Å². The maximum atomic E-state index is 14.0. The van der Waals surface area contributed by atoms with Crippen LogP contribution in [0.25, 0.3) is 10.8 Å². The molecule has 37 heavy (non-hydrogen) atoms. The highest BCUT2D eigenvalue weighted by molar-refractivity contribution is 7.98. The first-order chi connectivity index (χ1) is 17.9. The number of hydrogen-bond acceptors (Lipinski definition) is 7. The Balaban J connectivity index is 1.57. The standard InChI is InChI=1S/C26H25ClN6O3S/c1-37-25-29-22-18(23(30-25)31-13-14-32(26(35)36)17(15-31)10-11-28)7-4-12-33(24(22)34)20-9-3-6-16-5-2-8-19(27)21(16)20/h2-3,5-6,8-9,17H,4,7,10,12-15H2,1H3,(H,35,36). The minimum absolute atomic E-state index is 0.0833. The molecule has 1 saturated heterocycles. The molecule has 0 saturated carbocycles. The third kappa shape index (κ3) is 4.65. The normalized spacial score (nSPS) is 17.9. The monoisotopic (exact) mass is 536 g/mol. The number of piperazine rings is 1. The van der Waals surface area contributed by atoms with Crippen LogP contribution in [-0.2, 0) is 6.42 Å². The molecular weight excluding hydrogens is 512 g/mol. The molecule has 3 heterocycles. The van der Waals surface area contributed by atoms with Crippen LogP contribution in [0.1, 0.15) is 28.9 Å². The summed E-state index contributed by atoms with van der Waals surface area (Å²) in [7, 11) is 0. The van der Waals surface area contributed by atoms with Gasteiger partial charge in [-0.3, -0.25) is 4.79 Å². The van der Waals surface area contributed by atoms with Crippen LogP contribution in [0.2, 0.25) is 5.02 Å². The first kappa shape index (κ1) is 25.1. The summed E-state index contributed by atoms with van der Waals surface area (Å²) >= 11 is 7.93. The fraction of sp³-hybridized carbons (Fsp3) is 0.346. The van der Waals surface area contributed by atoms with Gasteiger partial charge in [-0.15, -0.1) is 0 Å². The summed E-state index contributed by atoms with van der Waals surface area (Å²) in [6, 6.07) is 13.1. The van der Waals surface area contributed by atoms with Gasteiger partial charge in [0.25, 0.3) is 5.91 Å². The topological polar surface area (TPSA) is 114 Å². The van der Waals surface area contributed by atoms with Crippen molar-refractivity contribution in [2.45, 2.75) is 30.5 Å². The number of anilines is 2. The highest BCUT2D eigenvalue weighted by Crippen LogP contribution is 2.36. The number of benzene rings is 2. The molecule has 1 N–H and O–H groups in total. The Hall–Kier alpha value is -3.55. The quantitative estimate of drug-likeness (QED) is 0.377. The predicted molar refractivity (Wildman–Crippen MR) is 144 cm³/mol. The number of thioether (sulfide) groups is 1. The second kappa shape index (κ2) is 10.4. The van der Waals surface area contributed by atoms with Crippen LogP contribution in [0.5, 0.6) is 0 Å². The van der Waals surface area contributed by atoms with Gasteiger partial charge in [-0.25, -0.2) is 14.8 Å². The van der Waals surface area contributed by atoms with Crippen LogP contribution in [0.15, 0.2) is 41.6 Å². The van der Waals surface area contributed by atoms with Gasteiger partial charge in [-0.1, -0.05) is 47.6 Å². The number of nitriles is 1. The Kier molecular flexibility index (Phi) is 7.09. The second-order valence-electron chi connectivity index (χ2n) is 8.97. The van der Waals surface area contributed by atoms with Crippen LogP contribution in [-0.4, -0.2) is 70.5 Å². The van der Waals surface area contributed by atoms with Crippen molar-refractivity contribution < 1.29 is 14.7 Å². The molecule has 3 aromatic rings. The molecule has 9 nitrogen and oxygen atoms in total. The van der Waals surface area contributed by atoms with Crippen molar-refractivity contribution in [2.24, 2.45) is 0 Å². The lowest BCUT2D eigenvalue weighted by Gasteiger charge is -2.40. The van der Waals surface area contributed by atoms with E-state index >= 15 is 0 Å². The molecule has 0 radical (unpaired) electrons. The van der Waals surface area contributed by atoms with Crippen molar-refractivity contribution in [3.8, 4) is 6.07 Å². The van der Waals surface area contributed by atoms with E-state index in [9.17, 15) is 20.0 Å². The number of hydrogen-bond donors (Lipinski definition) is 1. The van der Waals surface area contributed by atoms with E-state index in [0.717, 1.165) is 22.0 Å². The summed E-state index contributed by atoms with van der Waals surface area (Å²) in [6.07, 6.45) is 2.20. The summed E-state index contributed by atoms with van der Waals surface area (Å²) in [6.45, 7) is 1.50. The Morgan fingerprint density at radius 2 is 2.00 bits per heavy atom. The molecule has 1 fully saturated rings. The highest BCUT2D eigenvalue weighted by atomic mass is 35.5. The number of halogens is 1. The lowest BCUT2D eigenvalue weighted by Crippen LogP contribution is -2.55. The van der Waals surface area contributed by atoms with Crippen molar-refractivity contribution in [3.63, 3.8) is 0 Å². The van der Waals surface area contributed by atoms with Crippen LogP contribution >= 0.6 is 23.4 Å². The molecule has 190 valence electrons. The van der Waals surface area contributed by atoms with Gasteiger partial charge < -0.3 is 19.8 Å². The smallest absolute Gasteiger partial charge is 0.407 e. The van der Waals surface area contributed by atoms with Gasteiger partial charge in [0, 0.05) is 37.1 Å². The summed E-state index contributed by atoms with van der Waals surface area (Å²) in [5, 5.41) is 21.7. The molecule has 1 atom stereocenters. The zero-order chi connectivity index (χ0) is 26.1. The third-order valence-corrected chi connectivity index (χ3v) is 7.74. The first-order valence-electron chi connectivity index (χ1n) is 12.0. The summed E-state index contributed by atoms with van der Waals surface area (Å²) < 4.78 is 0. The Morgan fingerprint density at radius 3 is 2.73 bits per heavy atom. The largest absolute Gasteiger partial charge is 0.465 e. The number of nitrogens with zero attached hydrogens (tertiary/aromatic N) is 6. The maximum absolute atomic E-state index is 14.0. The average molecular weight is 537 g/mol. The zero-order valence-electron chi connectivity index (χ0n) is 20.2. The van der Waals surface area contributed by atoms with Crippen LogP contribution in [0.4, 0.5) is 16.3 Å². The SMILES string of the molecule is CSc1nc2c(c(N3CCN(C(=O)O)C(CC#N)C3)n1)CCCN(c1cccc3cccc(Cl)c13)C2=O. The molecule has 2 amide bonds. The van der Waals surface area contributed by atoms with Crippen molar-refractivity contribution in [1.29, 1.82) is 5.26 Å². The van der Waals surface area contributed by atoms with Gasteiger partial charge in [0.1, 0.15) is 11.5 Å². The Morgan fingerprint density at radius 1 is 1.22 bits per heavy atom. The van der Waals surface area contributed by atoms with Crippen LogP contribution < -0.4 is 9.80 Å². The van der Waals surface area contributed by atoms with E-state index in [4.69, 9.17) is 16.6 Å². The van der Waals surface area contributed by atoms with Gasteiger partial charge in [0.05, 0.1) is 29.2 Å². The number of carboxylic acid groups (broad SMARTS) is 1. The fourth-order valence-electron chi connectivity index (χ4n) is 5.17. The fourth-order valence-corrected chi connectivity index (χ4v) is 5.80. The number of fused-ring (bicyclic) bond motifs is 2. The van der Waals surface area contributed by atoms with Gasteiger partial charge >= 0.3 is 6.09 Å². The third-order valence-electron chi connectivity index (χ3n) is 6.88. The number of aromatic nitrogens is 2. The molecule has 2 aromatic carbocycles. The van der Waals surface area contributed by atoms with Gasteiger partial charge in [-0.2, -0.15) is 5.26 Å². The molecule has 0 bridgehead atoms. The van der Waals surface area contributed by atoms with Crippen LogP contribution in [0, 0.1) is 11.3 Å². The van der Waals surface area contributed by atoms with E-state index in [-0.39, 0.29) is 18.9 Å². The van der Waals surface area contributed by atoms with Crippen molar-refractivity contribution in [2.75, 3.05) is 42.2 Å². The van der Waals surface area contributed by atoms with Gasteiger partial charge in [0.15, 0.2) is 5.16 Å². The number of carbonyl (C=O) groups excluding carboxylic acids is 1. The Labute approximate surface area is 223 Å². The lowest BCUT2D eigenvalue weighted by atomic mass is 10.1. The van der Waals surface area contributed by atoms with E-state index in [1.165, 1.54) is 16.7 Å². The Bertz CT molecular complexity index is 1420. The van der Waals surface area contributed by atoms with E-state index in [0.29, 0.717) is 54.2 Å². The van der Waals surface area contributed by atoms with Gasteiger partial charge in [0.2, 0.25) is 0 Å². The minimum Gasteiger partial charge on any atom is -0.465 e. The molecule has 5 rings (SSSR count). The highest BCUT2D eigenvalue weighted by Gasteiger charge is 2.35. The summed E-state index contributed by atoms with van der Waals surface area (Å²) in [5.74, 6) is 0.435. The molecule has 11 heteroatoms. The van der Waals surface area contributed by atoms with Crippen molar-refractivity contribution >= 4 is 57.6 Å². The van der Waals surface area contributed by atoms with E-state index < -0.39 is 12.1 Å².